The molecular formula is C18H22N2O4S. The van der Waals surface area contributed by atoms with Crippen LogP contribution in [0, 0.1) is 0 Å². The Kier molecular flexibility index (Phi) is 6.52. The second kappa shape index (κ2) is 8.62. The Morgan fingerprint density at radius 1 is 1.32 bits per heavy atom. The molecular weight excluding hydrogens is 340 g/mol. The van der Waals surface area contributed by atoms with Gasteiger partial charge in [-0.15, -0.1) is 0 Å². The Labute approximate surface area is 152 Å². The number of amides is 2. The molecule has 25 heavy (non-hydrogen) atoms. The fourth-order valence-corrected chi connectivity index (χ4v) is 2.78. The van der Waals surface area contributed by atoms with E-state index in [-0.39, 0.29) is 16.7 Å². The van der Waals surface area contributed by atoms with Crippen LogP contribution in [0.5, 0.6) is 11.5 Å². The molecule has 0 bridgehead atoms. The Hall–Kier alpha value is -2.41. The van der Waals surface area contributed by atoms with Gasteiger partial charge in [0.2, 0.25) is 5.91 Å². The van der Waals surface area contributed by atoms with Gasteiger partial charge in [-0.3, -0.25) is 19.8 Å². The Balaban J connectivity index is 2.23. The number of hydrogen-bond donors (Lipinski definition) is 1. The molecule has 1 saturated heterocycles. The zero-order valence-electron chi connectivity index (χ0n) is 14.6. The fourth-order valence-electron chi connectivity index (χ4n) is 2.46. The predicted octanol–water partition coefficient (Wildman–Crippen LogP) is 2.87. The summed E-state index contributed by atoms with van der Waals surface area (Å²) in [7, 11) is 1.56. The molecule has 0 atom stereocenters. The zero-order chi connectivity index (χ0) is 18.4. The van der Waals surface area contributed by atoms with Crippen molar-refractivity contribution in [3.05, 3.63) is 29.5 Å². The average Bonchev–Trinajstić information content (AvgIpc) is 2.86. The number of unbranched alkanes of at least 4 members (excludes halogenated alkanes) is 2. The average molecular weight is 362 g/mol. The first kappa shape index (κ1) is 18.9. The highest BCUT2D eigenvalue weighted by Crippen LogP contribution is 2.30. The van der Waals surface area contributed by atoms with E-state index in [2.05, 4.69) is 12.2 Å². The lowest BCUT2D eigenvalue weighted by Gasteiger charge is -2.13. The molecule has 2 amide bonds. The van der Waals surface area contributed by atoms with Crippen LogP contribution in [0.25, 0.3) is 6.08 Å². The molecule has 0 aliphatic carbocycles. The van der Waals surface area contributed by atoms with Crippen LogP contribution < -0.4 is 14.8 Å². The van der Waals surface area contributed by atoms with Gasteiger partial charge in [0.1, 0.15) is 5.70 Å². The highest BCUT2D eigenvalue weighted by atomic mass is 32.1. The summed E-state index contributed by atoms with van der Waals surface area (Å²) in [6.45, 7) is 4.12. The molecule has 2 rings (SSSR count). The molecule has 7 heteroatoms. The second-order valence-electron chi connectivity index (χ2n) is 5.61. The van der Waals surface area contributed by atoms with E-state index in [0.717, 1.165) is 19.3 Å². The van der Waals surface area contributed by atoms with Crippen LogP contribution in [0.1, 0.15) is 38.7 Å². The molecule has 1 heterocycles. The molecule has 0 unspecified atom stereocenters. The summed E-state index contributed by atoms with van der Waals surface area (Å²) in [5.74, 6) is 0.494. The standard InChI is InChI=1S/C18H22N2O4S/c1-4-5-6-9-24-15-8-7-13(11-16(15)23-3)10-14-17(22)19-18(25)20(14)12(2)21/h7-8,10-11H,4-6,9H2,1-3H3,(H,19,22,25). The van der Waals surface area contributed by atoms with E-state index >= 15 is 0 Å². The molecule has 1 aliphatic heterocycles. The topological polar surface area (TPSA) is 67.9 Å². The number of carbonyl (C=O) groups is 2. The number of benzene rings is 1. The lowest BCUT2D eigenvalue weighted by molar-refractivity contribution is -0.125. The molecule has 1 N–H and O–H groups in total. The van der Waals surface area contributed by atoms with E-state index in [4.69, 9.17) is 21.7 Å². The van der Waals surface area contributed by atoms with Gasteiger partial charge in [0, 0.05) is 6.92 Å². The molecule has 1 aliphatic rings. The van der Waals surface area contributed by atoms with E-state index in [1.54, 1.807) is 31.4 Å². The fraction of sp³-hybridized carbons (Fsp3) is 0.389. The molecule has 0 aromatic heterocycles. The number of nitrogens with one attached hydrogen (secondary N) is 1. The highest BCUT2D eigenvalue weighted by Gasteiger charge is 2.32. The minimum Gasteiger partial charge on any atom is -0.493 e. The minimum absolute atomic E-state index is 0.0894. The third kappa shape index (κ3) is 4.57. The first-order valence-electron chi connectivity index (χ1n) is 8.16. The number of carbonyl (C=O) groups excluding carboxylic acids is 2. The molecule has 0 saturated carbocycles. The molecule has 6 nitrogen and oxygen atoms in total. The van der Waals surface area contributed by atoms with Crippen LogP contribution in [0.2, 0.25) is 0 Å². The predicted molar refractivity (Wildman–Crippen MR) is 99.3 cm³/mol. The first-order chi connectivity index (χ1) is 12.0. The largest absolute Gasteiger partial charge is 0.493 e. The van der Waals surface area contributed by atoms with Crippen molar-refractivity contribution in [3.8, 4) is 11.5 Å². The summed E-state index contributed by atoms with van der Waals surface area (Å²) in [5, 5.41) is 2.56. The number of hydrogen-bond acceptors (Lipinski definition) is 5. The summed E-state index contributed by atoms with van der Waals surface area (Å²) in [5.41, 5.74) is 0.898. The van der Waals surface area contributed by atoms with Gasteiger partial charge in [-0.05, 0) is 42.4 Å². The van der Waals surface area contributed by atoms with Crippen LogP contribution in [0.3, 0.4) is 0 Å². The van der Waals surface area contributed by atoms with Gasteiger partial charge in [0.15, 0.2) is 16.6 Å². The van der Waals surface area contributed by atoms with Gasteiger partial charge < -0.3 is 9.47 Å². The van der Waals surface area contributed by atoms with E-state index in [0.29, 0.717) is 23.7 Å². The minimum atomic E-state index is -0.404. The maximum absolute atomic E-state index is 12.0. The summed E-state index contributed by atoms with van der Waals surface area (Å²) in [4.78, 5) is 24.9. The SMILES string of the molecule is CCCCCOc1ccc(C=C2C(=O)NC(=S)N2C(C)=O)cc1OC. The van der Waals surface area contributed by atoms with E-state index in [1.807, 2.05) is 0 Å². The van der Waals surface area contributed by atoms with Crippen molar-refractivity contribution in [2.75, 3.05) is 13.7 Å². The second-order valence-corrected chi connectivity index (χ2v) is 6.00. The summed E-state index contributed by atoms with van der Waals surface area (Å²) in [6.07, 6.45) is 4.82. The van der Waals surface area contributed by atoms with Crippen LogP contribution in [-0.4, -0.2) is 35.5 Å². The van der Waals surface area contributed by atoms with Gasteiger partial charge in [-0.2, -0.15) is 0 Å². The first-order valence-corrected chi connectivity index (χ1v) is 8.57. The van der Waals surface area contributed by atoms with Crippen LogP contribution in [0.15, 0.2) is 23.9 Å². The summed E-state index contributed by atoms with van der Waals surface area (Å²) < 4.78 is 11.1. The van der Waals surface area contributed by atoms with Crippen molar-refractivity contribution in [1.29, 1.82) is 0 Å². The zero-order valence-corrected chi connectivity index (χ0v) is 15.4. The van der Waals surface area contributed by atoms with Gasteiger partial charge in [0.05, 0.1) is 13.7 Å². The van der Waals surface area contributed by atoms with Gasteiger partial charge in [0.25, 0.3) is 5.91 Å². The van der Waals surface area contributed by atoms with Crippen molar-refractivity contribution in [3.63, 3.8) is 0 Å². The quantitative estimate of drug-likeness (QED) is 0.459. The van der Waals surface area contributed by atoms with Crippen LogP contribution >= 0.6 is 12.2 Å². The maximum atomic E-state index is 12.0. The molecule has 134 valence electrons. The van der Waals surface area contributed by atoms with Crippen LogP contribution in [0.4, 0.5) is 0 Å². The highest BCUT2D eigenvalue weighted by molar-refractivity contribution is 7.80. The van der Waals surface area contributed by atoms with Gasteiger partial charge in [-0.1, -0.05) is 25.8 Å². The van der Waals surface area contributed by atoms with Crippen molar-refractivity contribution in [2.24, 2.45) is 0 Å². The molecule has 1 aromatic carbocycles. The summed E-state index contributed by atoms with van der Waals surface area (Å²) >= 11 is 5.01. The van der Waals surface area contributed by atoms with Crippen LogP contribution in [-0.2, 0) is 9.59 Å². The third-order valence-corrected chi connectivity index (χ3v) is 3.99. The van der Waals surface area contributed by atoms with Crippen molar-refractivity contribution < 1.29 is 19.1 Å². The maximum Gasteiger partial charge on any atom is 0.274 e. The number of nitrogens with zero attached hydrogens (tertiary/aromatic N) is 1. The van der Waals surface area contributed by atoms with Gasteiger partial charge in [-0.25, -0.2) is 0 Å². The normalized spacial score (nSPS) is 15.5. The smallest absolute Gasteiger partial charge is 0.274 e. The monoisotopic (exact) mass is 362 g/mol. The van der Waals surface area contributed by atoms with Gasteiger partial charge >= 0.3 is 0 Å². The molecule has 0 radical (unpaired) electrons. The number of thiocarbonyl (C=S) groups is 1. The van der Waals surface area contributed by atoms with E-state index in [9.17, 15) is 9.59 Å². The lowest BCUT2D eigenvalue weighted by atomic mass is 10.1. The van der Waals surface area contributed by atoms with Crippen molar-refractivity contribution in [2.45, 2.75) is 33.1 Å². The van der Waals surface area contributed by atoms with E-state index < -0.39 is 5.91 Å². The Morgan fingerprint density at radius 2 is 2.08 bits per heavy atom. The molecule has 0 spiro atoms. The molecule has 1 fully saturated rings. The number of methoxy groups -OCH3 is 1. The Morgan fingerprint density at radius 3 is 2.72 bits per heavy atom. The third-order valence-electron chi connectivity index (χ3n) is 3.71. The Bertz CT molecular complexity index is 715. The lowest BCUT2D eigenvalue weighted by Crippen LogP contribution is -2.31. The number of rotatable bonds is 7. The molecule has 1 aromatic rings. The van der Waals surface area contributed by atoms with Crippen molar-refractivity contribution in [1.82, 2.24) is 10.2 Å². The summed E-state index contributed by atoms with van der Waals surface area (Å²) in [6, 6.07) is 5.35. The number of ether oxygens (including phenoxy) is 2. The van der Waals surface area contributed by atoms with E-state index in [1.165, 1.54) is 11.8 Å². The van der Waals surface area contributed by atoms with Crippen molar-refractivity contribution >= 4 is 35.2 Å².